The van der Waals surface area contributed by atoms with Gasteiger partial charge in [-0.05, 0) is 57.1 Å². The molecule has 1 aromatic heterocycles. The minimum absolute atomic E-state index is 0. The smallest absolute Gasteiger partial charge is 0.274 e. The third-order valence-electron chi connectivity index (χ3n) is 5.98. The van der Waals surface area contributed by atoms with Crippen molar-refractivity contribution < 1.29 is 4.79 Å². The van der Waals surface area contributed by atoms with Crippen molar-refractivity contribution in [2.75, 3.05) is 19.6 Å². The number of piperidine rings is 2. The number of carbonyl (C=O) groups is 1. The summed E-state index contributed by atoms with van der Waals surface area (Å²) >= 11 is 0. The molecule has 0 bridgehead atoms. The van der Waals surface area contributed by atoms with Gasteiger partial charge in [-0.25, -0.2) is 0 Å². The lowest BCUT2D eigenvalue weighted by Crippen LogP contribution is -2.49. The van der Waals surface area contributed by atoms with Gasteiger partial charge >= 0.3 is 0 Å². The lowest BCUT2D eigenvalue weighted by molar-refractivity contribution is 0.0384. The highest BCUT2D eigenvalue weighted by atomic mass is 35.5. The zero-order valence-electron chi connectivity index (χ0n) is 14.3. The van der Waals surface area contributed by atoms with E-state index in [2.05, 4.69) is 15.3 Å². The van der Waals surface area contributed by atoms with E-state index in [9.17, 15) is 4.79 Å². The predicted molar refractivity (Wildman–Crippen MR) is 96.6 cm³/mol. The first kappa shape index (κ1) is 17.7. The van der Waals surface area contributed by atoms with Crippen molar-refractivity contribution >= 4 is 18.3 Å². The van der Waals surface area contributed by atoms with Gasteiger partial charge < -0.3 is 10.2 Å². The SMILES string of the molecule is Cl.O=C(c1ccn(C2CCCNC2)n1)N1CCCC2CCCCC21. The molecule has 3 fully saturated rings. The number of carbonyl (C=O) groups excluding carboxylic acids is 1. The Bertz CT molecular complexity index is 553. The summed E-state index contributed by atoms with van der Waals surface area (Å²) in [5, 5.41) is 8.05. The molecule has 5 nitrogen and oxygen atoms in total. The molecule has 3 heterocycles. The van der Waals surface area contributed by atoms with Gasteiger partial charge in [-0.15, -0.1) is 12.4 Å². The van der Waals surface area contributed by atoms with E-state index in [1.165, 1.54) is 38.5 Å². The van der Waals surface area contributed by atoms with E-state index in [0.29, 0.717) is 17.8 Å². The fraction of sp³-hybridized carbons (Fsp3) is 0.778. The van der Waals surface area contributed by atoms with Crippen molar-refractivity contribution in [3.05, 3.63) is 18.0 Å². The average molecular weight is 353 g/mol. The number of hydrogen-bond acceptors (Lipinski definition) is 3. The molecule has 0 spiro atoms. The van der Waals surface area contributed by atoms with E-state index in [4.69, 9.17) is 0 Å². The number of nitrogens with one attached hydrogen (secondary N) is 1. The van der Waals surface area contributed by atoms with Crippen LogP contribution in [0.15, 0.2) is 12.3 Å². The standard InChI is InChI=1S/C18H28N4O.ClH/c23-18(21-11-4-6-14-5-1-2-8-17(14)21)16-9-12-22(20-16)15-7-3-10-19-13-15;/h9,12,14-15,17,19H,1-8,10-11,13H2;1H. The highest BCUT2D eigenvalue weighted by molar-refractivity contribution is 5.92. The average Bonchev–Trinajstić information content (AvgIpc) is 3.11. The van der Waals surface area contributed by atoms with Crippen LogP contribution in [0.1, 0.15) is 67.9 Å². The van der Waals surface area contributed by atoms with Gasteiger partial charge in [0.2, 0.25) is 0 Å². The van der Waals surface area contributed by atoms with Crippen molar-refractivity contribution in [3.8, 4) is 0 Å². The van der Waals surface area contributed by atoms with Crippen LogP contribution in [0.5, 0.6) is 0 Å². The summed E-state index contributed by atoms with van der Waals surface area (Å²) in [7, 11) is 0. The number of rotatable bonds is 2. The van der Waals surface area contributed by atoms with Crippen LogP contribution in [-0.2, 0) is 0 Å². The zero-order valence-corrected chi connectivity index (χ0v) is 15.1. The van der Waals surface area contributed by atoms with Gasteiger partial charge in [-0.3, -0.25) is 9.48 Å². The highest BCUT2D eigenvalue weighted by Crippen LogP contribution is 2.35. The Kier molecular flexibility index (Phi) is 5.82. The lowest BCUT2D eigenvalue weighted by atomic mass is 9.78. The second kappa shape index (κ2) is 7.87. The Hall–Kier alpha value is -1.07. The maximum Gasteiger partial charge on any atom is 0.274 e. The largest absolute Gasteiger partial charge is 0.334 e. The molecule has 0 radical (unpaired) electrons. The van der Waals surface area contributed by atoms with Crippen molar-refractivity contribution in [1.29, 1.82) is 0 Å². The van der Waals surface area contributed by atoms with Gasteiger partial charge in [0.05, 0.1) is 6.04 Å². The number of likely N-dealkylation sites (tertiary alicyclic amines) is 1. The molecule has 6 heteroatoms. The van der Waals surface area contributed by atoms with E-state index >= 15 is 0 Å². The van der Waals surface area contributed by atoms with Gasteiger partial charge in [0, 0.05) is 25.3 Å². The number of amides is 1. The van der Waals surface area contributed by atoms with Crippen LogP contribution in [0.2, 0.25) is 0 Å². The van der Waals surface area contributed by atoms with Gasteiger partial charge in [-0.2, -0.15) is 5.10 Å². The molecule has 1 aromatic rings. The maximum atomic E-state index is 13.0. The number of fused-ring (bicyclic) bond motifs is 1. The van der Waals surface area contributed by atoms with Gasteiger partial charge in [-0.1, -0.05) is 12.8 Å². The maximum absolute atomic E-state index is 13.0. The highest BCUT2D eigenvalue weighted by Gasteiger charge is 2.36. The first-order valence-corrected chi connectivity index (χ1v) is 9.40. The first-order valence-electron chi connectivity index (χ1n) is 9.40. The Labute approximate surface area is 150 Å². The summed E-state index contributed by atoms with van der Waals surface area (Å²) in [5.41, 5.74) is 0.641. The third-order valence-corrected chi connectivity index (χ3v) is 5.98. The molecule has 24 heavy (non-hydrogen) atoms. The predicted octanol–water partition coefficient (Wildman–Crippen LogP) is 3.02. The number of nitrogens with zero attached hydrogens (tertiary/aromatic N) is 3. The number of halogens is 1. The second-order valence-corrected chi connectivity index (χ2v) is 7.43. The Balaban J connectivity index is 0.00000169. The van der Waals surface area contributed by atoms with E-state index in [1.807, 2.05) is 16.9 Å². The van der Waals surface area contributed by atoms with Gasteiger partial charge in [0.25, 0.3) is 5.91 Å². The fourth-order valence-electron chi connectivity index (χ4n) is 4.74. The molecule has 1 N–H and O–H groups in total. The van der Waals surface area contributed by atoms with Crippen molar-refractivity contribution in [1.82, 2.24) is 20.0 Å². The summed E-state index contributed by atoms with van der Waals surface area (Å²) in [4.78, 5) is 15.1. The topological polar surface area (TPSA) is 50.2 Å². The summed E-state index contributed by atoms with van der Waals surface area (Å²) in [5.74, 6) is 0.884. The molecule has 0 aromatic carbocycles. The summed E-state index contributed by atoms with van der Waals surface area (Å²) < 4.78 is 2.00. The zero-order chi connectivity index (χ0) is 15.6. The second-order valence-electron chi connectivity index (χ2n) is 7.43. The number of aromatic nitrogens is 2. The molecule has 2 aliphatic heterocycles. The Morgan fingerprint density at radius 2 is 1.96 bits per heavy atom. The van der Waals surface area contributed by atoms with Crippen LogP contribution in [0.25, 0.3) is 0 Å². The van der Waals surface area contributed by atoms with Crippen LogP contribution < -0.4 is 5.32 Å². The molecule has 1 saturated carbocycles. The quantitative estimate of drug-likeness (QED) is 0.890. The third kappa shape index (κ3) is 3.47. The van der Waals surface area contributed by atoms with E-state index < -0.39 is 0 Å². The molecule has 3 unspecified atom stereocenters. The number of hydrogen-bond donors (Lipinski definition) is 1. The minimum Gasteiger partial charge on any atom is -0.334 e. The van der Waals surface area contributed by atoms with E-state index in [1.54, 1.807) is 0 Å². The lowest BCUT2D eigenvalue weighted by Gasteiger charge is -2.43. The van der Waals surface area contributed by atoms with Crippen LogP contribution in [-0.4, -0.2) is 46.3 Å². The summed E-state index contributed by atoms with van der Waals surface area (Å²) in [6.07, 6.45) is 11.9. The van der Waals surface area contributed by atoms with Crippen LogP contribution in [0.4, 0.5) is 0 Å². The van der Waals surface area contributed by atoms with Crippen LogP contribution >= 0.6 is 12.4 Å². The molecule has 1 amide bonds. The molecule has 3 atom stereocenters. The molecular weight excluding hydrogens is 324 g/mol. The van der Waals surface area contributed by atoms with E-state index in [0.717, 1.165) is 38.4 Å². The summed E-state index contributed by atoms with van der Waals surface area (Å²) in [6, 6.07) is 2.78. The molecular formula is C18H29ClN4O. The van der Waals surface area contributed by atoms with Gasteiger partial charge in [0.15, 0.2) is 0 Å². The molecule has 4 rings (SSSR count). The van der Waals surface area contributed by atoms with Crippen molar-refractivity contribution in [3.63, 3.8) is 0 Å². The van der Waals surface area contributed by atoms with Crippen LogP contribution in [0, 0.1) is 5.92 Å². The van der Waals surface area contributed by atoms with Crippen molar-refractivity contribution in [2.45, 2.75) is 63.5 Å². The Morgan fingerprint density at radius 3 is 2.79 bits per heavy atom. The monoisotopic (exact) mass is 352 g/mol. The molecule has 2 saturated heterocycles. The first-order chi connectivity index (χ1) is 11.3. The normalized spacial score (nSPS) is 30.3. The molecule has 134 valence electrons. The van der Waals surface area contributed by atoms with E-state index in [-0.39, 0.29) is 18.3 Å². The minimum atomic E-state index is 0. The molecule has 3 aliphatic rings. The van der Waals surface area contributed by atoms with Crippen LogP contribution in [0.3, 0.4) is 0 Å². The Morgan fingerprint density at radius 1 is 1.12 bits per heavy atom. The van der Waals surface area contributed by atoms with Gasteiger partial charge in [0.1, 0.15) is 5.69 Å². The molecule has 1 aliphatic carbocycles. The fourth-order valence-corrected chi connectivity index (χ4v) is 4.74. The summed E-state index contributed by atoms with van der Waals surface area (Å²) in [6.45, 7) is 2.97. The van der Waals surface area contributed by atoms with Crippen molar-refractivity contribution in [2.24, 2.45) is 5.92 Å².